The van der Waals surface area contributed by atoms with Crippen LogP contribution in [0.4, 0.5) is 0 Å². The Morgan fingerprint density at radius 2 is 2.36 bits per heavy atom. The van der Waals surface area contributed by atoms with Gasteiger partial charge in [-0.25, -0.2) is 4.98 Å². The third-order valence-corrected chi connectivity index (χ3v) is 3.43. The first-order chi connectivity index (χ1) is 6.77. The van der Waals surface area contributed by atoms with Gasteiger partial charge in [0.05, 0.1) is 0 Å². The van der Waals surface area contributed by atoms with E-state index in [1.54, 1.807) is 0 Å². The van der Waals surface area contributed by atoms with E-state index in [0.29, 0.717) is 11.8 Å². The van der Waals surface area contributed by atoms with Crippen molar-refractivity contribution in [3.63, 3.8) is 0 Å². The first-order valence-electron chi connectivity index (χ1n) is 5.09. The summed E-state index contributed by atoms with van der Waals surface area (Å²) in [6.45, 7) is 4.56. The highest BCUT2D eigenvalue weighted by Gasteiger charge is 2.22. The van der Waals surface area contributed by atoms with E-state index in [4.69, 9.17) is 0 Å². The maximum atomic E-state index is 4.29. The van der Waals surface area contributed by atoms with Crippen molar-refractivity contribution in [2.24, 2.45) is 5.92 Å². The van der Waals surface area contributed by atoms with Gasteiger partial charge in [0.15, 0.2) is 0 Å². The molecule has 1 saturated heterocycles. The molecule has 0 bridgehead atoms. The molecular weight excluding hydrogens is 240 g/mol. The maximum Gasteiger partial charge on any atom is 0.106 e. The second-order valence-corrected chi connectivity index (χ2v) is 4.80. The number of hydrogen-bond acceptors (Lipinski definition) is 2. The fourth-order valence-corrected chi connectivity index (χ4v) is 2.35. The van der Waals surface area contributed by atoms with Crippen LogP contribution in [0.5, 0.6) is 0 Å². The summed E-state index contributed by atoms with van der Waals surface area (Å²) in [5.41, 5.74) is 1.38. The molecule has 1 N–H and O–H groups in total. The van der Waals surface area contributed by atoms with Crippen LogP contribution in [-0.4, -0.2) is 18.1 Å². The molecule has 2 rings (SSSR count). The minimum absolute atomic E-state index is 0.678. The third kappa shape index (κ3) is 2.15. The van der Waals surface area contributed by atoms with Gasteiger partial charge in [0.2, 0.25) is 0 Å². The van der Waals surface area contributed by atoms with Gasteiger partial charge in [-0.05, 0) is 58.9 Å². The molecule has 14 heavy (non-hydrogen) atoms. The molecule has 1 aromatic rings. The van der Waals surface area contributed by atoms with E-state index in [2.05, 4.69) is 39.2 Å². The van der Waals surface area contributed by atoms with E-state index in [0.717, 1.165) is 17.7 Å². The molecule has 2 unspecified atom stereocenters. The molecule has 2 nitrogen and oxygen atoms in total. The van der Waals surface area contributed by atoms with Crippen LogP contribution in [0.2, 0.25) is 0 Å². The van der Waals surface area contributed by atoms with Crippen molar-refractivity contribution < 1.29 is 0 Å². The molecule has 1 aliphatic rings. The Balaban J connectivity index is 2.16. The fraction of sp³-hybridized carbons (Fsp3) is 0.545. The Kier molecular flexibility index (Phi) is 3.19. The Labute approximate surface area is 93.3 Å². The molecule has 0 radical (unpaired) electrons. The number of halogens is 1. The molecule has 0 saturated carbocycles. The van der Waals surface area contributed by atoms with E-state index in [1.807, 2.05) is 12.3 Å². The fourth-order valence-electron chi connectivity index (χ4n) is 2.12. The van der Waals surface area contributed by atoms with Gasteiger partial charge in [-0.15, -0.1) is 0 Å². The summed E-state index contributed by atoms with van der Waals surface area (Å²) in [5.74, 6) is 1.39. The highest BCUT2D eigenvalue weighted by atomic mass is 79.9. The van der Waals surface area contributed by atoms with Crippen LogP contribution in [0.15, 0.2) is 22.9 Å². The van der Waals surface area contributed by atoms with Crippen molar-refractivity contribution in [1.29, 1.82) is 0 Å². The van der Waals surface area contributed by atoms with Gasteiger partial charge < -0.3 is 5.32 Å². The minimum atomic E-state index is 0.678. The average molecular weight is 255 g/mol. The van der Waals surface area contributed by atoms with Gasteiger partial charge >= 0.3 is 0 Å². The molecule has 2 heterocycles. The van der Waals surface area contributed by atoms with Gasteiger partial charge in [0.25, 0.3) is 0 Å². The lowest BCUT2D eigenvalue weighted by molar-refractivity contribution is 0.349. The summed E-state index contributed by atoms with van der Waals surface area (Å²) in [5, 5.41) is 3.42. The molecule has 0 spiro atoms. The van der Waals surface area contributed by atoms with Gasteiger partial charge in [0.1, 0.15) is 4.60 Å². The van der Waals surface area contributed by atoms with Crippen molar-refractivity contribution >= 4 is 15.9 Å². The first kappa shape index (κ1) is 10.1. The standard InChI is InChI=1S/C11H15BrN2/c1-8-6-13-5-4-10(8)9-2-3-11(12)14-7-9/h2-3,7-8,10,13H,4-6H2,1H3. The molecule has 0 aromatic carbocycles. The average Bonchev–Trinajstić information content (AvgIpc) is 2.20. The molecule has 2 atom stereocenters. The van der Waals surface area contributed by atoms with E-state index >= 15 is 0 Å². The van der Waals surface area contributed by atoms with Crippen molar-refractivity contribution in [2.75, 3.05) is 13.1 Å². The number of rotatable bonds is 1. The molecule has 1 aliphatic heterocycles. The minimum Gasteiger partial charge on any atom is -0.316 e. The maximum absolute atomic E-state index is 4.29. The third-order valence-electron chi connectivity index (χ3n) is 2.96. The van der Waals surface area contributed by atoms with Crippen LogP contribution in [0.3, 0.4) is 0 Å². The summed E-state index contributed by atoms with van der Waals surface area (Å²) in [4.78, 5) is 4.29. The normalized spacial score (nSPS) is 27.6. The van der Waals surface area contributed by atoms with E-state index in [9.17, 15) is 0 Å². The number of nitrogens with zero attached hydrogens (tertiary/aromatic N) is 1. The molecule has 76 valence electrons. The predicted molar refractivity (Wildman–Crippen MR) is 61.3 cm³/mol. The Bertz CT molecular complexity index is 297. The van der Waals surface area contributed by atoms with Crippen LogP contribution in [0, 0.1) is 5.92 Å². The summed E-state index contributed by atoms with van der Waals surface area (Å²) in [6, 6.07) is 4.22. The second-order valence-electron chi connectivity index (χ2n) is 3.99. The second kappa shape index (κ2) is 4.41. The van der Waals surface area contributed by atoms with Gasteiger partial charge in [-0.3, -0.25) is 0 Å². The van der Waals surface area contributed by atoms with Crippen LogP contribution < -0.4 is 5.32 Å². The number of pyridine rings is 1. The van der Waals surface area contributed by atoms with Crippen LogP contribution in [0.1, 0.15) is 24.8 Å². The van der Waals surface area contributed by atoms with E-state index in [1.165, 1.54) is 12.0 Å². The van der Waals surface area contributed by atoms with Gasteiger partial charge in [0, 0.05) is 6.20 Å². The highest BCUT2D eigenvalue weighted by molar-refractivity contribution is 9.10. The molecular formula is C11H15BrN2. The monoisotopic (exact) mass is 254 g/mol. The van der Waals surface area contributed by atoms with Crippen molar-refractivity contribution in [3.05, 3.63) is 28.5 Å². The molecule has 3 heteroatoms. The van der Waals surface area contributed by atoms with Gasteiger partial charge in [-0.2, -0.15) is 0 Å². The smallest absolute Gasteiger partial charge is 0.106 e. The van der Waals surface area contributed by atoms with Crippen molar-refractivity contribution in [1.82, 2.24) is 10.3 Å². The Morgan fingerprint density at radius 3 is 3.00 bits per heavy atom. The molecule has 1 aromatic heterocycles. The predicted octanol–water partition coefficient (Wildman–Crippen LogP) is 2.56. The van der Waals surface area contributed by atoms with Crippen molar-refractivity contribution in [3.8, 4) is 0 Å². The number of aromatic nitrogens is 1. The lowest BCUT2D eigenvalue weighted by atomic mass is 9.83. The summed E-state index contributed by atoms with van der Waals surface area (Å²) < 4.78 is 0.919. The van der Waals surface area contributed by atoms with Crippen molar-refractivity contribution in [2.45, 2.75) is 19.3 Å². The summed E-state index contributed by atoms with van der Waals surface area (Å²) in [7, 11) is 0. The first-order valence-corrected chi connectivity index (χ1v) is 5.89. The summed E-state index contributed by atoms with van der Waals surface area (Å²) in [6.07, 6.45) is 3.22. The Hall–Kier alpha value is -0.410. The SMILES string of the molecule is CC1CNCCC1c1ccc(Br)nc1. The zero-order valence-corrected chi connectivity index (χ0v) is 9.92. The zero-order valence-electron chi connectivity index (χ0n) is 8.33. The number of hydrogen-bond donors (Lipinski definition) is 1. The highest BCUT2D eigenvalue weighted by Crippen LogP contribution is 2.29. The Morgan fingerprint density at radius 1 is 1.50 bits per heavy atom. The largest absolute Gasteiger partial charge is 0.316 e. The molecule has 0 amide bonds. The topological polar surface area (TPSA) is 24.9 Å². The number of piperidine rings is 1. The molecule has 0 aliphatic carbocycles. The van der Waals surface area contributed by atoms with Crippen LogP contribution >= 0.6 is 15.9 Å². The number of nitrogens with one attached hydrogen (secondary N) is 1. The lowest BCUT2D eigenvalue weighted by Gasteiger charge is -2.29. The lowest BCUT2D eigenvalue weighted by Crippen LogP contribution is -2.33. The van der Waals surface area contributed by atoms with E-state index in [-0.39, 0.29) is 0 Å². The zero-order chi connectivity index (χ0) is 9.97. The van der Waals surface area contributed by atoms with E-state index < -0.39 is 0 Å². The van der Waals surface area contributed by atoms with Crippen LogP contribution in [0.25, 0.3) is 0 Å². The quantitative estimate of drug-likeness (QED) is 0.780. The molecule has 1 fully saturated rings. The van der Waals surface area contributed by atoms with Crippen LogP contribution in [-0.2, 0) is 0 Å². The van der Waals surface area contributed by atoms with Gasteiger partial charge in [-0.1, -0.05) is 13.0 Å². The summed E-state index contributed by atoms with van der Waals surface area (Å²) >= 11 is 3.36.